The van der Waals surface area contributed by atoms with Gasteiger partial charge in [0.2, 0.25) is 0 Å². The summed E-state index contributed by atoms with van der Waals surface area (Å²) in [5.74, 6) is 0. The highest BCUT2D eigenvalue weighted by Crippen LogP contribution is 2.34. The Bertz CT molecular complexity index is 593. The number of aromatic nitrogens is 1. The molecule has 1 aromatic heterocycles. The topological polar surface area (TPSA) is 36.7 Å². The molecule has 0 bridgehead atoms. The van der Waals surface area contributed by atoms with E-state index in [2.05, 4.69) is 42.9 Å². The van der Waals surface area contributed by atoms with Gasteiger partial charge in [0.05, 0.1) is 10.0 Å². The first kappa shape index (κ1) is 12.6. The Labute approximate surface area is 120 Å². The number of benzene rings is 1. The zero-order chi connectivity index (χ0) is 12.3. The van der Waals surface area contributed by atoms with Crippen LogP contribution in [0, 0.1) is 11.3 Å². The van der Waals surface area contributed by atoms with E-state index in [0.29, 0.717) is 5.56 Å². The third-order valence-electron chi connectivity index (χ3n) is 1.99. The summed E-state index contributed by atoms with van der Waals surface area (Å²) in [5.41, 5.74) is 0.641. The van der Waals surface area contributed by atoms with Gasteiger partial charge < -0.3 is 0 Å². The zero-order valence-corrected chi connectivity index (χ0v) is 12.5. The van der Waals surface area contributed by atoms with Crippen molar-refractivity contribution in [1.82, 2.24) is 4.98 Å². The van der Waals surface area contributed by atoms with Crippen LogP contribution in [0.5, 0.6) is 0 Å². The summed E-state index contributed by atoms with van der Waals surface area (Å²) in [6.45, 7) is 0. The number of nitrogens with zero attached hydrogens (tertiary/aromatic N) is 2. The minimum atomic E-state index is 0.641. The lowest BCUT2D eigenvalue weighted by Crippen LogP contribution is -1.84. The molecule has 0 amide bonds. The fourth-order valence-corrected chi connectivity index (χ4v) is 2.93. The van der Waals surface area contributed by atoms with Gasteiger partial charge in [0.25, 0.3) is 0 Å². The van der Waals surface area contributed by atoms with Gasteiger partial charge >= 0.3 is 0 Å². The van der Waals surface area contributed by atoms with Gasteiger partial charge in [0, 0.05) is 15.6 Å². The fraction of sp³-hybridized carbons (Fsp3) is 0. The van der Waals surface area contributed by atoms with E-state index in [9.17, 15) is 0 Å². The third-order valence-corrected chi connectivity index (χ3v) is 4.48. The average Bonchev–Trinajstić information content (AvgIpc) is 2.34. The number of hydrogen-bond acceptors (Lipinski definition) is 3. The highest BCUT2D eigenvalue weighted by molar-refractivity contribution is 9.10. The molecule has 0 saturated carbocycles. The van der Waals surface area contributed by atoms with Crippen molar-refractivity contribution in [2.24, 2.45) is 0 Å². The molecule has 0 aliphatic carbocycles. The van der Waals surface area contributed by atoms with E-state index in [1.807, 2.05) is 24.3 Å². The summed E-state index contributed by atoms with van der Waals surface area (Å²) in [6.07, 6.45) is 1.73. The Morgan fingerprint density at radius 2 is 2.06 bits per heavy atom. The average molecular weight is 370 g/mol. The van der Waals surface area contributed by atoms with E-state index in [0.717, 1.165) is 18.9 Å². The van der Waals surface area contributed by atoms with E-state index in [4.69, 9.17) is 5.26 Å². The molecule has 0 saturated heterocycles. The number of pyridine rings is 1. The van der Waals surface area contributed by atoms with E-state index in [1.54, 1.807) is 12.3 Å². The molecule has 0 unspecified atom stereocenters. The molecule has 0 atom stereocenters. The molecule has 0 aliphatic rings. The second kappa shape index (κ2) is 5.67. The Morgan fingerprint density at radius 3 is 2.76 bits per heavy atom. The molecule has 2 aromatic rings. The summed E-state index contributed by atoms with van der Waals surface area (Å²) in [4.78, 5) is 5.16. The summed E-state index contributed by atoms with van der Waals surface area (Å²) in [6, 6.07) is 11.6. The molecule has 0 radical (unpaired) electrons. The molecule has 0 N–H and O–H groups in total. The standard InChI is InChI=1S/C12H6Br2N2S/c13-9-3-4-11(8(6-9)7-15)17-12-10(14)2-1-5-16-12/h1-6H. The molecule has 5 heteroatoms. The number of nitriles is 1. The summed E-state index contributed by atoms with van der Waals surface area (Å²) in [7, 11) is 0. The Morgan fingerprint density at radius 1 is 1.24 bits per heavy atom. The molecular weight excluding hydrogens is 364 g/mol. The van der Waals surface area contributed by atoms with Gasteiger partial charge in [0.15, 0.2) is 0 Å². The molecule has 1 aromatic carbocycles. The zero-order valence-electron chi connectivity index (χ0n) is 8.52. The van der Waals surface area contributed by atoms with E-state index in [1.165, 1.54) is 11.8 Å². The second-order valence-corrected chi connectivity index (χ2v) is 5.95. The maximum atomic E-state index is 9.07. The lowest BCUT2D eigenvalue weighted by molar-refractivity contribution is 1.11. The van der Waals surface area contributed by atoms with Crippen LogP contribution in [-0.4, -0.2) is 4.98 Å². The van der Waals surface area contributed by atoms with Crippen molar-refractivity contribution in [2.75, 3.05) is 0 Å². The summed E-state index contributed by atoms with van der Waals surface area (Å²) < 4.78 is 1.83. The van der Waals surface area contributed by atoms with Crippen LogP contribution in [-0.2, 0) is 0 Å². The van der Waals surface area contributed by atoms with E-state index in [-0.39, 0.29) is 0 Å². The first-order chi connectivity index (χ1) is 8.20. The highest BCUT2D eigenvalue weighted by Gasteiger charge is 2.08. The second-order valence-electron chi connectivity index (χ2n) is 3.14. The summed E-state index contributed by atoms with van der Waals surface area (Å²) >= 11 is 8.26. The lowest BCUT2D eigenvalue weighted by Gasteiger charge is -2.05. The van der Waals surface area contributed by atoms with Gasteiger partial charge in [-0.1, -0.05) is 27.7 Å². The molecule has 0 aliphatic heterocycles. The molecular formula is C12H6Br2N2S. The van der Waals surface area contributed by atoms with Crippen molar-refractivity contribution in [3.63, 3.8) is 0 Å². The normalized spacial score (nSPS) is 9.94. The van der Waals surface area contributed by atoms with Gasteiger partial charge in [-0.15, -0.1) is 0 Å². The van der Waals surface area contributed by atoms with Gasteiger partial charge in [0.1, 0.15) is 11.1 Å². The largest absolute Gasteiger partial charge is 0.248 e. The molecule has 0 fully saturated rings. The van der Waals surface area contributed by atoms with Crippen molar-refractivity contribution in [1.29, 1.82) is 5.26 Å². The first-order valence-corrected chi connectivity index (χ1v) is 7.09. The SMILES string of the molecule is N#Cc1cc(Br)ccc1Sc1ncccc1Br. The monoisotopic (exact) mass is 368 g/mol. The number of hydrogen-bond donors (Lipinski definition) is 0. The van der Waals surface area contributed by atoms with Crippen LogP contribution < -0.4 is 0 Å². The van der Waals surface area contributed by atoms with Crippen LogP contribution in [0.4, 0.5) is 0 Å². The minimum Gasteiger partial charge on any atom is -0.248 e. The first-order valence-electron chi connectivity index (χ1n) is 4.69. The Kier molecular flexibility index (Phi) is 4.21. The molecule has 0 spiro atoms. The lowest BCUT2D eigenvalue weighted by atomic mass is 10.2. The summed E-state index contributed by atoms with van der Waals surface area (Å²) in [5, 5.41) is 9.93. The smallest absolute Gasteiger partial charge is 0.115 e. The van der Waals surface area contributed by atoms with Crippen molar-refractivity contribution < 1.29 is 0 Å². The van der Waals surface area contributed by atoms with Crippen LogP contribution in [0.2, 0.25) is 0 Å². The van der Waals surface area contributed by atoms with Crippen molar-refractivity contribution in [3.8, 4) is 6.07 Å². The quantitative estimate of drug-likeness (QED) is 0.774. The highest BCUT2D eigenvalue weighted by atomic mass is 79.9. The van der Waals surface area contributed by atoms with Gasteiger partial charge in [-0.3, -0.25) is 0 Å². The van der Waals surface area contributed by atoms with Crippen LogP contribution in [0.25, 0.3) is 0 Å². The van der Waals surface area contributed by atoms with Gasteiger partial charge in [-0.25, -0.2) is 4.98 Å². The predicted octanol–water partition coefficient (Wildman–Crippen LogP) is 4.63. The maximum absolute atomic E-state index is 9.07. The Balaban J connectivity index is 2.37. The minimum absolute atomic E-state index is 0.641. The molecule has 1 heterocycles. The molecule has 84 valence electrons. The van der Waals surface area contributed by atoms with Crippen LogP contribution in [0.1, 0.15) is 5.56 Å². The van der Waals surface area contributed by atoms with Crippen molar-refractivity contribution >= 4 is 43.6 Å². The number of halogens is 2. The molecule has 17 heavy (non-hydrogen) atoms. The molecule has 2 nitrogen and oxygen atoms in total. The Hall–Kier alpha value is -0.830. The van der Waals surface area contributed by atoms with Gasteiger partial charge in [-0.05, 0) is 46.3 Å². The van der Waals surface area contributed by atoms with Crippen molar-refractivity contribution in [2.45, 2.75) is 9.92 Å². The third kappa shape index (κ3) is 3.09. The van der Waals surface area contributed by atoms with E-state index >= 15 is 0 Å². The van der Waals surface area contributed by atoms with Crippen LogP contribution >= 0.6 is 43.6 Å². The van der Waals surface area contributed by atoms with Crippen molar-refractivity contribution in [3.05, 3.63) is 51.0 Å². The van der Waals surface area contributed by atoms with Crippen LogP contribution in [0.15, 0.2) is 55.4 Å². The van der Waals surface area contributed by atoms with Crippen LogP contribution in [0.3, 0.4) is 0 Å². The fourth-order valence-electron chi connectivity index (χ4n) is 1.23. The molecule has 2 rings (SSSR count). The van der Waals surface area contributed by atoms with Gasteiger partial charge in [-0.2, -0.15) is 5.26 Å². The maximum Gasteiger partial charge on any atom is 0.115 e. The number of rotatable bonds is 2. The van der Waals surface area contributed by atoms with E-state index < -0.39 is 0 Å². The predicted molar refractivity (Wildman–Crippen MR) is 74.9 cm³/mol.